The van der Waals surface area contributed by atoms with Gasteiger partial charge in [-0.05, 0) is 17.0 Å². The van der Waals surface area contributed by atoms with Crippen molar-refractivity contribution >= 4 is 32.5 Å². The molecule has 0 saturated heterocycles. The number of esters is 1. The number of anilines is 1. The van der Waals surface area contributed by atoms with Crippen LogP contribution < -0.4 is 4.72 Å². The standard InChI is InChI=1S/C16H14F3NO4S/c1-2-15(21)24-10-9-11-7-8-14(13-6-4-3-5-12(11)13)20-25(22,23)16(17,18)19/h2-8,20H,1,9-10H2. The van der Waals surface area contributed by atoms with Gasteiger partial charge in [0.05, 0.1) is 12.3 Å². The first kappa shape index (κ1) is 18.8. The molecule has 0 aliphatic rings. The largest absolute Gasteiger partial charge is 0.516 e. The van der Waals surface area contributed by atoms with E-state index in [1.165, 1.54) is 18.2 Å². The lowest BCUT2D eigenvalue weighted by atomic mass is 10.0. The van der Waals surface area contributed by atoms with Gasteiger partial charge >= 0.3 is 21.5 Å². The molecule has 2 aromatic carbocycles. The highest BCUT2D eigenvalue weighted by Gasteiger charge is 2.46. The molecule has 2 aromatic rings. The fraction of sp³-hybridized carbons (Fsp3) is 0.188. The van der Waals surface area contributed by atoms with Crippen molar-refractivity contribution in [1.82, 2.24) is 0 Å². The van der Waals surface area contributed by atoms with Crippen molar-refractivity contribution in [2.45, 2.75) is 11.9 Å². The van der Waals surface area contributed by atoms with Gasteiger partial charge in [0.2, 0.25) is 0 Å². The highest BCUT2D eigenvalue weighted by molar-refractivity contribution is 7.93. The lowest BCUT2D eigenvalue weighted by Crippen LogP contribution is -2.30. The second kappa shape index (κ2) is 7.14. The number of carbonyl (C=O) groups excluding carboxylic acids is 1. The molecule has 0 bridgehead atoms. The highest BCUT2D eigenvalue weighted by atomic mass is 32.2. The molecule has 0 radical (unpaired) electrons. The number of rotatable bonds is 6. The molecule has 0 fully saturated rings. The van der Waals surface area contributed by atoms with E-state index in [1.807, 2.05) is 0 Å². The zero-order chi connectivity index (χ0) is 18.7. The van der Waals surface area contributed by atoms with Crippen LogP contribution in [0.2, 0.25) is 0 Å². The van der Waals surface area contributed by atoms with Gasteiger partial charge in [-0.25, -0.2) is 4.79 Å². The second-order valence-electron chi connectivity index (χ2n) is 4.99. The first-order valence-electron chi connectivity index (χ1n) is 7.04. The van der Waals surface area contributed by atoms with Crippen LogP contribution in [0.4, 0.5) is 18.9 Å². The summed E-state index contributed by atoms with van der Waals surface area (Å²) in [4.78, 5) is 11.0. The maximum absolute atomic E-state index is 12.6. The number of hydrogen-bond donors (Lipinski definition) is 1. The third kappa shape index (κ3) is 4.30. The number of hydrogen-bond acceptors (Lipinski definition) is 4. The topological polar surface area (TPSA) is 72.5 Å². The number of fused-ring (bicyclic) bond motifs is 1. The third-order valence-electron chi connectivity index (χ3n) is 3.35. The molecule has 0 amide bonds. The molecule has 0 aliphatic carbocycles. The van der Waals surface area contributed by atoms with Crippen LogP contribution in [0.5, 0.6) is 0 Å². The van der Waals surface area contributed by atoms with Crippen molar-refractivity contribution in [3.05, 3.63) is 54.6 Å². The molecule has 9 heteroatoms. The Kier molecular flexibility index (Phi) is 5.36. The van der Waals surface area contributed by atoms with Crippen molar-refractivity contribution in [1.29, 1.82) is 0 Å². The van der Waals surface area contributed by atoms with E-state index in [2.05, 4.69) is 6.58 Å². The molecule has 0 aliphatic heterocycles. The first-order chi connectivity index (χ1) is 11.7. The summed E-state index contributed by atoms with van der Waals surface area (Å²) in [6.45, 7) is 3.33. The summed E-state index contributed by atoms with van der Waals surface area (Å²) in [5.41, 5.74) is -4.90. The molecule has 5 nitrogen and oxygen atoms in total. The summed E-state index contributed by atoms with van der Waals surface area (Å²) < 4.78 is 66.8. The van der Waals surface area contributed by atoms with Gasteiger partial charge in [0.1, 0.15) is 0 Å². The summed E-state index contributed by atoms with van der Waals surface area (Å²) in [6.07, 6.45) is 1.33. The monoisotopic (exact) mass is 373 g/mol. The minimum Gasteiger partial charge on any atom is -0.462 e. The zero-order valence-corrected chi connectivity index (χ0v) is 13.7. The number of benzene rings is 2. The molecule has 0 heterocycles. The average Bonchev–Trinajstić information content (AvgIpc) is 2.55. The van der Waals surface area contributed by atoms with Crippen LogP contribution in [0.1, 0.15) is 5.56 Å². The maximum Gasteiger partial charge on any atom is 0.516 e. The third-order valence-corrected chi connectivity index (χ3v) is 4.44. The molecule has 0 spiro atoms. The van der Waals surface area contributed by atoms with E-state index in [-0.39, 0.29) is 12.3 Å². The fourth-order valence-corrected chi connectivity index (χ4v) is 2.77. The zero-order valence-electron chi connectivity index (χ0n) is 12.8. The summed E-state index contributed by atoms with van der Waals surface area (Å²) in [5, 5.41) is 0.863. The van der Waals surface area contributed by atoms with Gasteiger partial charge < -0.3 is 4.74 Å². The Morgan fingerprint density at radius 1 is 1.16 bits per heavy atom. The van der Waals surface area contributed by atoms with Crippen molar-refractivity contribution in [3.63, 3.8) is 0 Å². The Morgan fingerprint density at radius 3 is 2.40 bits per heavy atom. The van der Waals surface area contributed by atoms with E-state index >= 15 is 0 Å². The van der Waals surface area contributed by atoms with Gasteiger partial charge in [0, 0.05) is 17.9 Å². The number of carbonyl (C=O) groups is 1. The normalized spacial score (nSPS) is 12.0. The van der Waals surface area contributed by atoms with Crippen LogP contribution in [-0.4, -0.2) is 26.5 Å². The van der Waals surface area contributed by atoms with E-state index in [0.717, 1.165) is 6.08 Å². The van der Waals surface area contributed by atoms with Crippen molar-refractivity contribution in [3.8, 4) is 0 Å². The lowest BCUT2D eigenvalue weighted by molar-refractivity contribution is -0.137. The van der Waals surface area contributed by atoms with Gasteiger partial charge in [-0.15, -0.1) is 0 Å². The van der Waals surface area contributed by atoms with Gasteiger partial charge in [0.15, 0.2) is 0 Å². The molecule has 0 unspecified atom stereocenters. The Labute approximate surface area is 142 Å². The summed E-state index contributed by atoms with van der Waals surface area (Å²) in [5.74, 6) is -0.584. The van der Waals surface area contributed by atoms with E-state index in [9.17, 15) is 26.4 Å². The molecule has 25 heavy (non-hydrogen) atoms. The number of halogens is 3. The van der Waals surface area contributed by atoms with Crippen LogP contribution in [0.25, 0.3) is 10.8 Å². The van der Waals surface area contributed by atoms with Crippen LogP contribution in [0.15, 0.2) is 49.1 Å². The smallest absolute Gasteiger partial charge is 0.462 e. The number of sulfonamides is 1. The van der Waals surface area contributed by atoms with E-state index in [0.29, 0.717) is 22.8 Å². The van der Waals surface area contributed by atoms with Gasteiger partial charge in [0.25, 0.3) is 0 Å². The Balaban J connectivity index is 2.35. The maximum atomic E-state index is 12.6. The predicted molar refractivity (Wildman–Crippen MR) is 87.4 cm³/mol. The Morgan fingerprint density at radius 2 is 1.80 bits per heavy atom. The predicted octanol–water partition coefficient (Wildman–Crippen LogP) is 3.37. The molecule has 0 atom stereocenters. The Hall–Kier alpha value is -2.55. The van der Waals surface area contributed by atoms with E-state index in [1.54, 1.807) is 22.9 Å². The minimum absolute atomic E-state index is 0.0580. The molecule has 1 N–H and O–H groups in total. The Bertz CT molecular complexity index is 907. The molecular weight excluding hydrogens is 359 g/mol. The number of alkyl halides is 3. The SMILES string of the molecule is C=CC(=O)OCCc1ccc(NS(=O)(=O)C(F)(F)F)c2ccccc12. The van der Waals surface area contributed by atoms with Crippen LogP contribution in [0.3, 0.4) is 0 Å². The molecular formula is C16H14F3NO4S. The summed E-state index contributed by atoms with van der Waals surface area (Å²) >= 11 is 0. The van der Waals surface area contributed by atoms with Crippen LogP contribution >= 0.6 is 0 Å². The first-order valence-corrected chi connectivity index (χ1v) is 8.53. The number of ether oxygens (including phenoxy) is 1. The summed E-state index contributed by atoms with van der Waals surface area (Å²) in [6, 6.07) is 9.13. The van der Waals surface area contributed by atoms with Crippen molar-refractivity contribution in [2.75, 3.05) is 11.3 Å². The van der Waals surface area contributed by atoms with Gasteiger partial charge in [-0.2, -0.15) is 21.6 Å². The number of nitrogens with one attached hydrogen (secondary N) is 1. The van der Waals surface area contributed by atoms with Crippen molar-refractivity contribution in [2.24, 2.45) is 0 Å². The van der Waals surface area contributed by atoms with E-state index < -0.39 is 21.5 Å². The van der Waals surface area contributed by atoms with Crippen LogP contribution in [0, 0.1) is 0 Å². The molecule has 2 rings (SSSR count). The fourth-order valence-electron chi connectivity index (χ4n) is 2.19. The van der Waals surface area contributed by atoms with Crippen molar-refractivity contribution < 1.29 is 31.1 Å². The second-order valence-corrected chi connectivity index (χ2v) is 6.66. The molecule has 134 valence electrons. The van der Waals surface area contributed by atoms with Crippen LogP contribution in [-0.2, 0) is 26.0 Å². The quantitative estimate of drug-likeness (QED) is 0.622. The minimum atomic E-state index is -5.52. The van der Waals surface area contributed by atoms with E-state index in [4.69, 9.17) is 4.74 Å². The highest BCUT2D eigenvalue weighted by Crippen LogP contribution is 2.31. The average molecular weight is 373 g/mol. The van der Waals surface area contributed by atoms with Gasteiger partial charge in [-0.3, -0.25) is 4.72 Å². The van der Waals surface area contributed by atoms with Gasteiger partial charge in [-0.1, -0.05) is 36.9 Å². The lowest BCUT2D eigenvalue weighted by Gasteiger charge is -2.14. The molecule has 0 saturated carbocycles. The summed E-state index contributed by atoms with van der Waals surface area (Å²) in [7, 11) is -5.52. The molecule has 0 aromatic heterocycles.